The molecule has 0 saturated heterocycles. The summed E-state index contributed by atoms with van der Waals surface area (Å²) in [4.78, 5) is 11.8. The Morgan fingerprint density at radius 2 is 2.00 bits per heavy atom. The standard InChI is InChI=1S/C17H15NO4/c1-2-20-17(19)16-14-10-13(8-9-15(14)18-22-16)21-11-12-6-4-3-5-7-12/h3-10H,2,11H2,1H3. The summed E-state index contributed by atoms with van der Waals surface area (Å²) >= 11 is 0. The molecule has 0 atom stereocenters. The number of rotatable bonds is 5. The Bertz CT molecular complexity index is 780. The highest BCUT2D eigenvalue weighted by Crippen LogP contribution is 2.25. The number of fused-ring (bicyclic) bond motifs is 1. The van der Waals surface area contributed by atoms with Crippen LogP contribution in [0.4, 0.5) is 0 Å². The lowest BCUT2D eigenvalue weighted by Gasteiger charge is -2.06. The van der Waals surface area contributed by atoms with Gasteiger partial charge in [0.05, 0.1) is 12.0 Å². The van der Waals surface area contributed by atoms with Gasteiger partial charge in [0.15, 0.2) is 0 Å². The van der Waals surface area contributed by atoms with Gasteiger partial charge in [-0.2, -0.15) is 0 Å². The molecule has 0 amide bonds. The van der Waals surface area contributed by atoms with Gasteiger partial charge in [-0.1, -0.05) is 35.5 Å². The van der Waals surface area contributed by atoms with Crippen LogP contribution in [0.1, 0.15) is 23.0 Å². The second kappa shape index (κ2) is 6.30. The van der Waals surface area contributed by atoms with Crippen LogP contribution >= 0.6 is 0 Å². The number of hydrogen-bond donors (Lipinski definition) is 0. The quantitative estimate of drug-likeness (QED) is 0.673. The molecule has 3 rings (SSSR count). The van der Waals surface area contributed by atoms with Gasteiger partial charge >= 0.3 is 5.97 Å². The molecule has 5 nitrogen and oxygen atoms in total. The van der Waals surface area contributed by atoms with Crippen molar-refractivity contribution in [3.05, 3.63) is 59.9 Å². The van der Waals surface area contributed by atoms with Crippen LogP contribution in [0, 0.1) is 0 Å². The number of benzene rings is 2. The van der Waals surface area contributed by atoms with Crippen LogP contribution in [0.15, 0.2) is 53.1 Å². The van der Waals surface area contributed by atoms with Crippen molar-refractivity contribution < 1.29 is 18.8 Å². The molecule has 0 aliphatic rings. The summed E-state index contributed by atoms with van der Waals surface area (Å²) in [6.45, 7) is 2.47. The summed E-state index contributed by atoms with van der Waals surface area (Å²) in [6.07, 6.45) is 0. The van der Waals surface area contributed by atoms with Crippen LogP contribution in [0.2, 0.25) is 0 Å². The van der Waals surface area contributed by atoms with Gasteiger partial charge in [0.1, 0.15) is 17.9 Å². The molecule has 22 heavy (non-hydrogen) atoms. The molecule has 1 aromatic heterocycles. The van der Waals surface area contributed by atoms with Gasteiger partial charge in [0.25, 0.3) is 5.76 Å². The minimum Gasteiger partial charge on any atom is -0.489 e. The van der Waals surface area contributed by atoms with Gasteiger partial charge in [0, 0.05) is 0 Å². The van der Waals surface area contributed by atoms with E-state index in [1.165, 1.54) is 0 Å². The van der Waals surface area contributed by atoms with E-state index in [1.807, 2.05) is 30.3 Å². The van der Waals surface area contributed by atoms with E-state index >= 15 is 0 Å². The van der Waals surface area contributed by atoms with Gasteiger partial charge in [-0.3, -0.25) is 0 Å². The SMILES string of the molecule is CCOC(=O)c1onc2ccc(OCc3ccccc3)cc12. The summed E-state index contributed by atoms with van der Waals surface area (Å²) < 4.78 is 15.8. The second-order valence-electron chi connectivity index (χ2n) is 4.69. The summed E-state index contributed by atoms with van der Waals surface area (Å²) in [5.74, 6) is 0.220. The molecule has 0 aliphatic carbocycles. The van der Waals surface area contributed by atoms with Crippen LogP contribution in [-0.2, 0) is 11.3 Å². The molecule has 0 bridgehead atoms. The average Bonchev–Trinajstić information content (AvgIpc) is 2.97. The predicted octanol–water partition coefficient (Wildman–Crippen LogP) is 3.58. The Kier molecular flexibility index (Phi) is 4.05. The van der Waals surface area contributed by atoms with E-state index in [0.29, 0.717) is 23.3 Å². The largest absolute Gasteiger partial charge is 0.489 e. The number of esters is 1. The van der Waals surface area contributed by atoms with Crippen LogP contribution in [-0.4, -0.2) is 17.7 Å². The lowest BCUT2D eigenvalue weighted by Crippen LogP contribution is -2.03. The van der Waals surface area contributed by atoms with Crippen molar-refractivity contribution in [2.45, 2.75) is 13.5 Å². The van der Waals surface area contributed by atoms with Crippen LogP contribution in [0.5, 0.6) is 5.75 Å². The fraction of sp³-hybridized carbons (Fsp3) is 0.176. The normalized spacial score (nSPS) is 10.6. The molecule has 2 aromatic carbocycles. The molecule has 0 fully saturated rings. The maximum atomic E-state index is 11.8. The zero-order valence-corrected chi connectivity index (χ0v) is 12.1. The maximum Gasteiger partial charge on any atom is 0.377 e. The molecule has 0 saturated carbocycles. The topological polar surface area (TPSA) is 61.6 Å². The highest BCUT2D eigenvalue weighted by atomic mass is 16.6. The number of nitrogens with zero attached hydrogens (tertiary/aromatic N) is 1. The Labute approximate surface area is 127 Å². The van der Waals surface area contributed by atoms with Gasteiger partial charge in [-0.15, -0.1) is 0 Å². The molecule has 1 heterocycles. The van der Waals surface area contributed by atoms with Crippen molar-refractivity contribution >= 4 is 16.9 Å². The van der Waals surface area contributed by atoms with Gasteiger partial charge in [-0.05, 0) is 30.7 Å². The van der Waals surface area contributed by atoms with Gasteiger partial charge in [-0.25, -0.2) is 4.79 Å². The number of carbonyl (C=O) groups is 1. The van der Waals surface area contributed by atoms with Crippen molar-refractivity contribution in [3.8, 4) is 5.75 Å². The van der Waals surface area contributed by atoms with Crippen molar-refractivity contribution in [2.24, 2.45) is 0 Å². The maximum absolute atomic E-state index is 11.8. The van der Waals surface area contributed by atoms with E-state index in [-0.39, 0.29) is 12.4 Å². The van der Waals surface area contributed by atoms with E-state index in [2.05, 4.69) is 5.16 Å². The van der Waals surface area contributed by atoms with E-state index in [1.54, 1.807) is 25.1 Å². The molecule has 0 unspecified atom stereocenters. The van der Waals surface area contributed by atoms with Crippen molar-refractivity contribution in [3.63, 3.8) is 0 Å². The molecule has 3 aromatic rings. The Morgan fingerprint density at radius 1 is 1.18 bits per heavy atom. The average molecular weight is 297 g/mol. The zero-order valence-electron chi connectivity index (χ0n) is 12.1. The Hall–Kier alpha value is -2.82. The first kappa shape index (κ1) is 14.1. The highest BCUT2D eigenvalue weighted by molar-refractivity contribution is 6.01. The Morgan fingerprint density at radius 3 is 2.77 bits per heavy atom. The van der Waals surface area contributed by atoms with Gasteiger partial charge < -0.3 is 14.0 Å². The highest BCUT2D eigenvalue weighted by Gasteiger charge is 2.18. The number of hydrogen-bond acceptors (Lipinski definition) is 5. The molecule has 5 heteroatoms. The van der Waals surface area contributed by atoms with Crippen LogP contribution < -0.4 is 4.74 Å². The first-order valence-electron chi connectivity index (χ1n) is 7.01. The number of aromatic nitrogens is 1. The number of carbonyl (C=O) groups excluding carboxylic acids is 1. The number of ether oxygens (including phenoxy) is 2. The summed E-state index contributed by atoms with van der Waals surface area (Å²) in [6, 6.07) is 15.1. The second-order valence-corrected chi connectivity index (χ2v) is 4.69. The molecule has 0 spiro atoms. The lowest BCUT2D eigenvalue weighted by atomic mass is 10.2. The van der Waals surface area contributed by atoms with E-state index in [9.17, 15) is 4.79 Å². The first-order valence-corrected chi connectivity index (χ1v) is 7.01. The van der Waals surface area contributed by atoms with Crippen LogP contribution in [0.3, 0.4) is 0 Å². The fourth-order valence-corrected chi connectivity index (χ4v) is 2.10. The summed E-state index contributed by atoms with van der Waals surface area (Å²) in [5, 5.41) is 4.44. The zero-order chi connectivity index (χ0) is 15.4. The third-order valence-corrected chi connectivity index (χ3v) is 3.16. The molecule has 112 valence electrons. The third kappa shape index (κ3) is 2.93. The lowest BCUT2D eigenvalue weighted by molar-refractivity contribution is 0.0483. The van der Waals surface area contributed by atoms with E-state index < -0.39 is 5.97 Å². The fourth-order valence-electron chi connectivity index (χ4n) is 2.10. The minimum absolute atomic E-state index is 0.0991. The van der Waals surface area contributed by atoms with Gasteiger partial charge in [0.2, 0.25) is 0 Å². The van der Waals surface area contributed by atoms with E-state index in [0.717, 1.165) is 5.56 Å². The third-order valence-electron chi connectivity index (χ3n) is 3.16. The minimum atomic E-state index is -0.523. The Balaban J connectivity index is 1.82. The predicted molar refractivity (Wildman–Crippen MR) is 80.7 cm³/mol. The summed E-state index contributed by atoms with van der Waals surface area (Å²) in [7, 11) is 0. The molecule has 0 aliphatic heterocycles. The van der Waals surface area contributed by atoms with Crippen molar-refractivity contribution in [1.29, 1.82) is 0 Å². The molecular formula is C17H15NO4. The monoisotopic (exact) mass is 297 g/mol. The first-order chi connectivity index (χ1) is 10.8. The smallest absolute Gasteiger partial charge is 0.377 e. The molecule has 0 radical (unpaired) electrons. The van der Waals surface area contributed by atoms with Crippen LogP contribution in [0.25, 0.3) is 10.9 Å². The summed E-state index contributed by atoms with van der Waals surface area (Å²) in [5.41, 5.74) is 1.66. The van der Waals surface area contributed by atoms with E-state index in [4.69, 9.17) is 14.0 Å². The molecular weight excluding hydrogens is 282 g/mol. The van der Waals surface area contributed by atoms with Crippen molar-refractivity contribution in [2.75, 3.05) is 6.61 Å². The molecule has 0 N–H and O–H groups in total. The van der Waals surface area contributed by atoms with Crippen molar-refractivity contribution in [1.82, 2.24) is 5.16 Å².